The summed E-state index contributed by atoms with van der Waals surface area (Å²) in [6.45, 7) is 5.41. The van der Waals surface area contributed by atoms with E-state index in [1.54, 1.807) is 6.92 Å². The molecule has 0 N–H and O–H groups in total. The van der Waals surface area contributed by atoms with E-state index in [2.05, 4.69) is 16.1 Å². The lowest BCUT2D eigenvalue weighted by molar-refractivity contribution is -0.385. The van der Waals surface area contributed by atoms with Crippen molar-refractivity contribution in [3.63, 3.8) is 0 Å². The molecule has 0 saturated heterocycles. The molecule has 0 aromatic heterocycles. The molecule has 36 heavy (non-hydrogen) atoms. The molecule has 0 aliphatic carbocycles. The maximum Gasteiger partial charge on any atom is 0.416 e. The van der Waals surface area contributed by atoms with Crippen LogP contribution in [0.4, 0.5) is 18.9 Å². The molecule has 0 aliphatic heterocycles. The first-order valence-corrected chi connectivity index (χ1v) is 10.3. The fraction of sp³-hybridized carbons (Fsp3) is 0.250. The highest BCUT2D eigenvalue weighted by Crippen LogP contribution is 2.42. The van der Waals surface area contributed by atoms with Crippen LogP contribution in [-0.2, 0) is 31.7 Å². The van der Waals surface area contributed by atoms with Gasteiger partial charge in [-0.15, -0.1) is 6.58 Å². The molecule has 0 fully saturated rings. The lowest BCUT2D eigenvalue weighted by Gasteiger charge is -2.17. The summed E-state index contributed by atoms with van der Waals surface area (Å²) >= 11 is 0. The van der Waals surface area contributed by atoms with Gasteiger partial charge in [-0.25, -0.2) is 9.59 Å². The molecule has 0 unspecified atom stereocenters. The average Bonchev–Trinajstić information content (AvgIpc) is 2.83. The number of hydrogen-bond acceptors (Lipinski definition) is 8. The number of carbonyl (C=O) groups is 2. The number of rotatable bonds is 10. The predicted molar refractivity (Wildman–Crippen MR) is 122 cm³/mol. The highest BCUT2D eigenvalue weighted by molar-refractivity contribution is 6.17. The number of methoxy groups -OCH3 is 2. The highest BCUT2D eigenvalue weighted by Gasteiger charge is 2.34. The zero-order valence-electron chi connectivity index (χ0n) is 19.5. The highest BCUT2D eigenvalue weighted by atomic mass is 19.4. The predicted octanol–water partition coefficient (Wildman–Crippen LogP) is 5.26. The van der Waals surface area contributed by atoms with E-state index in [1.807, 2.05) is 0 Å². The SMILES string of the molecule is C=CCc1cc(C=C(C(=O)OC)C(=O)OC)cc(OCC)c1Oc1ccc(C(F)(F)F)cc1[N+](=O)[O-]. The van der Waals surface area contributed by atoms with Crippen molar-refractivity contribution < 1.29 is 46.6 Å². The Kier molecular flexibility index (Phi) is 9.19. The lowest BCUT2D eigenvalue weighted by atomic mass is 10.0. The molecule has 2 rings (SSSR count). The van der Waals surface area contributed by atoms with Gasteiger partial charge >= 0.3 is 23.8 Å². The number of hydrogen-bond donors (Lipinski definition) is 0. The summed E-state index contributed by atoms with van der Waals surface area (Å²) in [4.78, 5) is 34.6. The van der Waals surface area contributed by atoms with E-state index < -0.39 is 45.6 Å². The van der Waals surface area contributed by atoms with Gasteiger partial charge in [-0.3, -0.25) is 10.1 Å². The van der Waals surface area contributed by atoms with E-state index in [4.69, 9.17) is 9.47 Å². The Balaban J connectivity index is 2.71. The fourth-order valence-corrected chi connectivity index (χ4v) is 3.07. The zero-order valence-corrected chi connectivity index (χ0v) is 19.5. The van der Waals surface area contributed by atoms with Crippen molar-refractivity contribution >= 4 is 23.7 Å². The average molecular weight is 509 g/mol. The van der Waals surface area contributed by atoms with Gasteiger partial charge in [0.2, 0.25) is 5.75 Å². The second-order valence-electron chi connectivity index (χ2n) is 7.01. The monoisotopic (exact) mass is 509 g/mol. The third-order valence-corrected chi connectivity index (χ3v) is 4.63. The molecule has 0 heterocycles. The van der Waals surface area contributed by atoms with Crippen LogP contribution in [-0.4, -0.2) is 37.7 Å². The molecule has 0 spiro atoms. The minimum Gasteiger partial charge on any atom is -0.490 e. The number of esters is 2. The van der Waals surface area contributed by atoms with Crippen molar-refractivity contribution in [3.8, 4) is 17.2 Å². The molecule has 2 aromatic rings. The molecule has 12 heteroatoms. The maximum atomic E-state index is 13.1. The largest absolute Gasteiger partial charge is 0.490 e. The first-order chi connectivity index (χ1) is 17.0. The summed E-state index contributed by atoms with van der Waals surface area (Å²) < 4.78 is 59.7. The number of nitro benzene ring substituents is 1. The number of nitro groups is 1. The Labute approximate surface area is 203 Å². The molecule has 192 valence electrons. The standard InChI is InChI=1S/C24H22F3NO8/c1-5-7-15-10-14(11-17(22(29)33-3)23(30)34-4)12-20(35-6-2)21(15)36-19-9-8-16(24(25,26)27)13-18(19)28(31)32/h5,8-13H,1,6-7H2,2-4H3. The van der Waals surface area contributed by atoms with Gasteiger partial charge in [0.05, 0.1) is 31.3 Å². The van der Waals surface area contributed by atoms with Crippen LogP contribution in [0.1, 0.15) is 23.6 Å². The van der Waals surface area contributed by atoms with Crippen molar-refractivity contribution in [3.05, 3.63) is 75.4 Å². The second-order valence-corrected chi connectivity index (χ2v) is 7.01. The number of halogens is 3. The van der Waals surface area contributed by atoms with Crippen LogP contribution in [0.3, 0.4) is 0 Å². The van der Waals surface area contributed by atoms with Gasteiger partial charge in [-0.2, -0.15) is 13.2 Å². The van der Waals surface area contributed by atoms with Crippen molar-refractivity contribution in [2.45, 2.75) is 19.5 Å². The third-order valence-electron chi connectivity index (χ3n) is 4.63. The first-order valence-electron chi connectivity index (χ1n) is 10.3. The Morgan fingerprint density at radius 2 is 1.72 bits per heavy atom. The Bertz CT molecular complexity index is 1190. The molecule has 9 nitrogen and oxygen atoms in total. The fourth-order valence-electron chi connectivity index (χ4n) is 3.07. The van der Waals surface area contributed by atoms with Crippen LogP contribution < -0.4 is 9.47 Å². The van der Waals surface area contributed by atoms with E-state index in [1.165, 1.54) is 24.3 Å². The molecule has 0 amide bonds. The van der Waals surface area contributed by atoms with Gasteiger partial charge in [0.25, 0.3) is 0 Å². The Hall–Kier alpha value is -4.35. The summed E-state index contributed by atoms with van der Waals surface area (Å²) in [6, 6.07) is 4.74. The van der Waals surface area contributed by atoms with Crippen molar-refractivity contribution in [2.24, 2.45) is 0 Å². The number of alkyl halides is 3. The van der Waals surface area contributed by atoms with E-state index >= 15 is 0 Å². The topological polar surface area (TPSA) is 114 Å². The van der Waals surface area contributed by atoms with E-state index in [-0.39, 0.29) is 30.1 Å². The van der Waals surface area contributed by atoms with Crippen molar-refractivity contribution in [1.82, 2.24) is 0 Å². The van der Waals surface area contributed by atoms with Crippen molar-refractivity contribution in [2.75, 3.05) is 20.8 Å². The minimum absolute atomic E-state index is 0.0190. The van der Waals surface area contributed by atoms with E-state index in [0.29, 0.717) is 17.7 Å². The number of carbonyl (C=O) groups excluding carboxylic acids is 2. The summed E-state index contributed by atoms with van der Waals surface area (Å²) in [6.07, 6.45) is -1.98. The van der Waals surface area contributed by atoms with E-state index in [0.717, 1.165) is 20.3 Å². The second kappa shape index (κ2) is 11.9. The summed E-state index contributed by atoms with van der Waals surface area (Å²) in [7, 11) is 2.17. The number of allylic oxidation sites excluding steroid dienone is 1. The Morgan fingerprint density at radius 1 is 1.08 bits per heavy atom. The van der Waals surface area contributed by atoms with Crippen LogP contribution in [0.2, 0.25) is 0 Å². The van der Waals surface area contributed by atoms with E-state index in [9.17, 15) is 32.9 Å². The summed E-state index contributed by atoms with van der Waals surface area (Å²) in [5.41, 5.74) is -1.89. The number of ether oxygens (including phenoxy) is 4. The smallest absolute Gasteiger partial charge is 0.416 e. The molecule has 0 bridgehead atoms. The molecule has 0 aliphatic rings. The number of nitrogens with zero attached hydrogens (tertiary/aromatic N) is 1. The van der Waals surface area contributed by atoms with Crippen LogP contribution in [0, 0.1) is 10.1 Å². The quantitative estimate of drug-likeness (QED) is 0.0810. The van der Waals surface area contributed by atoms with Crippen molar-refractivity contribution in [1.29, 1.82) is 0 Å². The molecular formula is C24H22F3NO8. The number of benzene rings is 2. The molecule has 2 aromatic carbocycles. The maximum absolute atomic E-state index is 13.1. The van der Waals surface area contributed by atoms with Crippen LogP contribution in [0.15, 0.2) is 48.6 Å². The molecular weight excluding hydrogens is 487 g/mol. The molecule has 0 radical (unpaired) electrons. The van der Waals surface area contributed by atoms with Crippen LogP contribution >= 0.6 is 0 Å². The first kappa shape index (κ1) is 27.9. The van der Waals surface area contributed by atoms with Gasteiger partial charge in [-0.1, -0.05) is 6.08 Å². The minimum atomic E-state index is -4.79. The molecule has 0 atom stereocenters. The molecule has 0 saturated carbocycles. The van der Waals surface area contributed by atoms with Gasteiger partial charge in [-0.05, 0) is 49.2 Å². The van der Waals surface area contributed by atoms with Gasteiger partial charge in [0.15, 0.2) is 11.5 Å². The van der Waals surface area contributed by atoms with Gasteiger partial charge in [0.1, 0.15) is 5.57 Å². The normalized spacial score (nSPS) is 10.7. The lowest BCUT2D eigenvalue weighted by Crippen LogP contribution is -2.15. The Morgan fingerprint density at radius 3 is 2.22 bits per heavy atom. The van der Waals surface area contributed by atoms with Gasteiger partial charge in [0, 0.05) is 11.6 Å². The van der Waals surface area contributed by atoms with Crippen LogP contribution in [0.25, 0.3) is 6.08 Å². The van der Waals surface area contributed by atoms with Crippen LogP contribution in [0.5, 0.6) is 17.2 Å². The third kappa shape index (κ3) is 6.62. The summed E-state index contributed by atoms with van der Waals surface area (Å²) in [5, 5.41) is 11.5. The van der Waals surface area contributed by atoms with Gasteiger partial charge < -0.3 is 18.9 Å². The zero-order chi connectivity index (χ0) is 27.0. The summed E-state index contributed by atoms with van der Waals surface area (Å²) in [5.74, 6) is -2.33.